The quantitative estimate of drug-likeness (QED) is 0.406. The van der Waals surface area contributed by atoms with E-state index in [1.165, 1.54) is 6.92 Å². The smallest absolute Gasteiger partial charge is 0.364 e. The van der Waals surface area contributed by atoms with E-state index < -0.39 is 33.3 Å². The van der Waals surface area contributed by atoms with Crippen LogP contribution in [0.25, 0.3) is 0 Å². The molecule has 84 valence electrons. The lowest BCUT2D eigenvalue weighted by atomic mass is 10.5. The van der Waals surface area contributed by atoms with E-state index in [1.54, 1.807) is 0 Å². The molecule has 0 unspecified atom stereocenters. The van der Waals surface area contributed by atoms with Crippen molar-refractivity contribution in [2.24, 2.45) is 0 Å². The third-order valence-electron chi connectivity index (χ3n) is 1.17. The third-order valence-corrected chi connectivity index (χ3v) is 2.65. The summed E-state index contributed by atoms with van der Waals surface area (Å²) in [5.41, 5.74) is -4.86. The van der Waals surface area contributed by atoms with Gasteiger partial charge in [-0.15, -0.1) is 0 Å². The van der Waals surface area contributed by atoms with Gasteiger partial charge in [0.15, 0.2) is 0 Å². The zero-order valence-corrected chi connectivity index (χ0v) is 8.17. The monoisotopic (exact) mass is 238 g/mol. The predicted octanol–water partition coefficient (Wildman–Crippen LogP) is 3.25. The van der Waals surface area contributed by atoms with Gasteiger partial charge < -0.3 is 4.43 Å². The molecule has 0 aliphatic rings. The van der Waals surface area contributed by atoms with E-state index in [1.807, 2.05) is 0 Å². The normalized spacial score (nSPS) is 12.8. The van der Waals surface area contributed by atoms with Gasteiger partial charge in [-0.3, -0.25) is 0 Å². The SMILES string of the molecule is CCCO[Si](F)(F)C(F)(F)C=C(F)F. The van der Waals surface area contributed by atoms with Gasteiger partial charge in [0.25, 0.3) is 6.08 Å². The van der Waals surface area contributed by atoms with E-state index in [9.17, 15) is 25.8 Å². The molecule has 0 saturated heterocycles. The summed E-state index contributed by atoms with van der Waals surface area (Å²) in [6, 6.07) is 0. The van der Waals surface area contributed by atoms with Crippen molar-refractivity contribution >= 4 is 8.99 Å². The van der Waals surface area contributed by atoms with E-state index in [-0.39, 0.29) is 6.42 Å². The first-order valence-electron chi connectivity index (χ1n) is 3.66. The van der Waals surface area contributed by atoms with Crippen molar-refractivity contribution in [1.82, 2.24) is 0 Å². The molecule has 0 aromatic carbocycles. The second-order valence-corrected chi connectivity index (χ2v) is 4.41. The fraction of sp³-hybridized carbons (Fsp3) is 0.667. The standard InChI is InChI=1S/C6H8F6OSi/c1-2-3-13-14(11,12)6(9,10)4-5(7)8/h4H,2-3H2,1H3. The Bertz CT molecular complexity index is 212. The van der Waals surface area contributed by atoms with Crippen molar-refractivity contribution in [2.75, 3.05) is 6.61 Å². The second kappa shape index (κ2) is 4.83. The summed E-state index contributed by atoms with van der Waals surface area (Å²) in [4.78, 5) is 0. The van der Waals surface area contributed by atoms with Gasteiger partial charge in [0.1, 0.15) is 0 Å². The Hall–Kier alpha value is -0.503. The van der Waals surface area contributed by atoms with Gasteiger partial charge in [-0.2, -0.15) is 17.6 Å². The van der Waals surface area contributed by atoms with Crippen LogP contribution in [0.3, 0.4) is 0 Å². The van der Waals surface area contributed by atoms with Crippen molar-refractivity contribution in [3.05, 3.63) is 12.2 Å². The lowest BCUT2D eigenvalue weighted by molar-refractivity contribution is 0.0500. The molecule has 0 aromatic rings. The van der Waals surface area contributed by atoms with Gasteiger partial charge in [0, 0.05) is 6.61 Å². The second-order valence-electron chi connectivity index (χ2n) is 2.42. The topological polar surface area (TPSA) is 9.23 Å². The summed E-state index contributed by atoms with van der Waals surface area (Å²) in [5, 5.41) is 0. The van der Waals surface area contributed by atoms with Gasteiger partial charge in [-0.05, 0) is 6.42 Å². The van der Waals surface area contributed by atoms with Crippen molar-refractivity contribution in [1.29, 1.82) is 0 Å². The zero-order chi connectivity index (χ0) is 11.4. The van der Waals surface area contributed by atoms with Crippen molar-refractivity contribution in [3.8, 4) is 0 Å². The van der Waals surface area contributed by atoms with Gasteiger partial charge in [0.05, 0.1) is 6.08 Å². The Kier molecular flexibility index (Phi) is 4.65. The van der Waals surface area contributed by atoms with Crippen LogP contribution < -0.4 is 0 Å². The molecule has 0 radical (unpaired) electrons. The average Bonchev–Trinajstić information content (AvgIpc) is 1.98. The van der Waals surface area contributed by atoms with Crippen molar-refractivity contribution in [2.45, 2.75) is 18.9 Å². The maximum absolute atomic E-state index is 12.5. The molecule has 14 heavy (non-hydrogen) atoms. The van der Waals surface area contributed by atoms with Crippen molar-refractivity contribution in [3.63, 3.8) is 0 Å². The minimum absolute atomic E-state index is 0.112. The average molecular weight is 238 g/mol. The first-order chi connectivity index (χ1) is 6.23. The maximum Gasteiger partial charge on any atom is 0.656 e. The number of hydrogen-bond acceptors (Lipinski definition) is 1. The van der Waals surface area contributed by atoms with Crippen LogP contribution >= 0.6 is 0 Å². The van der Waals surface area contributed by atoms with E-state index >= 15 is 0 Å². The fourth-order valence-corrected chi connectivity index (χ4v) is 1.48. The lowest BCUT2D eigenvalue weighted by Crippen LogP contribution is -2.47. The highest BCUT2D eigenvalue weighted by Crippen LogP contribution is 2.33. The first kappa shape index (κ1) is 13.5. The summed E-state index contributed by atoms with van der Waals surface area (Å²) in [5.74, 6) is 0. The van der Waals surface area contributed by atoms with Crippen LogP contribution in [-0.2, 0) is 4.43 Å². The molecular formula is C6H8F6OSi. The number of allylic oxidation sites excluding steroid dienone is 1. The Morgan fingerprint density at radius 2 is 1.86 bits per heavy atom. The van der Waals surface area contributed by atoms with Crippen LogP contribution in [-0.4, -0.2) is 21.1 Å². The van der Waals surface area contributed by atoms with E-state index in [0.717, 1.165) is 0 Å². The Labute approximate surface area is 77.8 Å². The van der Waals surface area contributed by atoms with Crippen LogP contribution in [0.4, 0.5) is 25.8 Å². The third kappa shape index (κ3) is 3.70. The molecule has 0 aliphatic carbocycles. The van der Waals surface area contributed by atoms with Crippen LogP contribution in [0.1, 0.15) is 13.3 Å². The highest BCUT2D eigenvalue weighted by atomic mass is 28.4. The molecule has 1 nitrogen and oxygen atoms in total. The molecule has 0 bridgehead atoms. The van der Waals surface area contributed by atoms with E-state index in [0.29, 0.717) is 0 Å². The summed E-state index contributed by atoms with van der Waals surface area (Å²) in [6.07, 6.45) is -3.79. The molecule has 0 heterocycles. The molecule has 0 aromatic heterocycles. The fourth-order valence-electron chi connectivity index (χ4n) is 0.548. The van der Waals surface area contributed by atoms with Gasteiger partial charge in [0.2, 0.25) is 0 Å². The summed E-state index contributed by atoms with van der Waals surface area (Å²) >= 11 is 0. The largest absolute Gasteiger partial charge is 0.656 e. The number of alkyl halides is 2. The van der Waals surface area contributed by atoms with Gasteiger partial charge in [-0.1, -0.05) is 6.92 Å². The maximum atomic E-state index is 12.5. The van der Waals surface area contributed by atoms with Crippen molar-refractivity contribution < 1.29 is 30.2 Å². The molecule has 0 N–H and O–H groups in total. The number of rotatable bonds is 5. The molecule has 8 heteroatoms. The van der Waals surface area contributed by atoms with Gasteiger partial charge >= 0.3 is 14.5 Å². The molecular weight excluding hydrogens is 230 g/mol. The van der Waals surface area contributed by atoms with Gasteiger partial charge in [-0.25, -0.2) is 8.22 Å². The number of halogens is 6. The summed E-state index contributed by atoms with van der Waals surface area (Å²) in [7, 11) is -6.40. The summed E-state index contributed by atoms with van der Waals surface area (Å²) < 4.78 is 76.3. The molecule has 0 saturated carbocycles. The molecule has 0 aliphatic heterocycles. The zero-order valence-electron chi connectivity index (χ0n) is 7.17. The molecule has 0 fully saturated rings. The Morgan fingerprint density at radius 1 is 1.36 bits per heavy atom. The van der Waals surface area contributed by atoms with Crippen LogP contribution in [0.15, 0.2) is 12.2 Å². The van der Waals surface area contributed by atoms with E-state index in [2.05, 4.69) is 4.43 Å². The van der Waals surface area contributed by atoms with Crippen LogP contribution in [0.2, 0.25) is 0 Å². The van der Waals surface area contributed by atoms with E-state index in [4.69, 9.17) is 0 Å². The minimum Gasteiger partial charge on any atom is -0.364 e. The first-order valence-corrected chi connectivity index (χ1v) is 5.33. The lowest BCUT2D eigenvalue weighted by Gasteiger charge is -2.19. The predicted molar refractivity (Wildman–Crippen MR) is 39.5 cm³/mol. The summed E-state index contributed by atoms with van der Waals surface area (Å²) in [6.45, 7) is 0.866. The number of hydrogen-bond donors (Lipinski definition) is 0. The highest BCUT2D eigenvalue weighted by Gasteiger charge is 2.63. The molecule has 0 spiro atoms. The molecule has 0 atom stereocenters. The minimum atomic E-state index is -6.40. The Balaban J connectivity index is 4.60. The highest BCUT2D eigenvalue weighted by molar-refractivity contribution is 6.62. The molecule has 0 amide bonds. The Morgan fingerprint density at radius 3 is 2.21 bits per heavy atom. The van der Waals surface area contributed by atoms with Crippen LogP contribution in [0, 0.1) is 0 Å². The van der Waals surface area contributed by atoms with Crippen LogP contribution in [0.5, 0.6) is 0 Å². The molecule has 0 rings (SSSR count).